The van der Waals surface area contributed by atoms with E-state index in [1.165, 1.54) is 24.8 Å². The quantitative estimate of drug-likeness (QED) is 0.753. The summed E-state index contributed by atoms with van der Waals surface area (Å²) < 4.78 is 0. The minimum atomic E-state index is 0.443. The van der Waals surface area contributed by atoms with E-state index in [0.717, 1.165) is 12.5 Å². The predicted octanol–water partition coefficient (Wildman–Crippen LogP) is 4.73. The molecule has 0 fully saturated rings. The van der Waals surface area contributed by atoms with E-state index in [1.807, 2.05) is 0 Å². The molecule has 0 saturated heterocycles. The van der Waals surface area contributed by atoms with E-state index >= 15 is 0 Å². The van der Waals surface area contributed by atoms with Crippen molar-refractivity contribution in [1.82, 2.24) is 5.32 Å². The molecule has 1 rings (SSSR count). The van der Waals surface area contributed by atoms with Gasteiger partial charge in [0.1, 0.15) is 0 Å². The first-order chi connectivity index (χ1) is 8.40. The molecule has 1 aromatic rings. The van der Waals surface area contributed by atoms with Crippen molar-refractivity contribution in [3.8, 4) is 0 Å². The first-order valence-corrected chi connectivity index (χ1v) is 8.09. The normalized spacial score (nSPS) is 15.6. The zero-order chi connectivity index (χ0) is 13.6. The van der Waals surface area contributed by atoms with Gasteiger partial charge in [-0.1, -0.05) is 34.6 Å². The third kappa shape index (κ3) is 6.55. The summed E-state index contributed by atoms with van der Waals surface area (Å²) in [6.45, 7) is 12.7. The van der Waals surface area contributed by atoms with Crippen LogP contribution in [0.15, 0.2) is 16.8 Å². The number of hydrogen-bond acceptors (Lipinski definition) is 2. The summed E-state index contributed by atoms with van der Waals surface area (Å²) in [7, 11) is 0. The van der Waals surface area contributed by atoms with Gasteiger partial charge in [-0.25, -0.2) is 0 Å². The third-order valence-electron chi connectivity index (χ3n) is 3.20. The molecule has 0 amide bonds. The van der Waals surface area contributed by atoms with E-state index in [1.54, 1.807) is 11.3 Å². The summed E-state index contributed by atoms with van der Waals surface area (Å²) in [6, 6.07) is 2.88. The molecular formula is C16H29NS. The van der Waals surface area contributed by atoms with Crippen LogP contribution in [0.25, 0.3) is 0 Å². The van der Waals surface area contributed by atoms with Gasteiger partial charge >= 0.3 is 0 Å². The van der Waals surface area contributed by atoms with Crippen molar-refractivity contribution in [3.63, 3.8) is 0 Å². The average molecular weight is 267 g/mol. The fraction of sp³-hybridized carbons (Fsp3) is 0.750. The lowest BCUT2D eigenvalue weighted by Gasteiger charge is -2.27. The van der Waals surface area contributed by atoms with E-state index in [-0.39, 0.29) is 0 Å². The summed E-state index contributed by atoms with van der Waals surface area (Å²) in [4.78, 5) is 0. The van der Waals surface area contributed by atoms with Gasteiger partial charge in [0.15, 0.2) is 0 Å². The Hall–Kier alpha value is -0.340. The molecule has 0 aliphatic heterocycles. The van der Waals surface area contributed by atoms with Crippen LogP contribution < -0.4 is 5.32 Å². The largest absolute Gasteiger partial charge is 0.314 e. The van der Waals surface area contributed by atoms with Crippen molar-refractivity contribution < 1.29 is 0 Å². The Morgan fingerprint density at radius 3 is 2.56 bits per heavy atom. The van der Waals surface area contributed by atoms with Crippen LogP contribution in [0.4, 0.5) is 0 Å². The SMILES string of the molecule is CCNC(Cc1ccsc1)CC(C)CC(C)(C)C. The summed E-state index contributed by atoms with van der Waals surface area (Å²) in [5.41, 5.74) is 1.92. The minimum absolute atomic E-state index is 0.443. The van der Waals surface area contributed by atoms with E-state index in [9.17, 15) is 0 Å². The van der Waals surface area contributed by atoms with Crippen molar-refractivity contribution >= 4 is 11.3 Å². The van der Waals surface area contributed by atoms with Crippen LogP contribution in [-0.2, 0) is 6.42 Å². The first-order valence-electron chi connectivity index (χ1n) is 7.15. The smallest absolute Gasteiger partial charge is 0.0110 e. The van der Waals surface area contributed by atoms with Crippen LogP contribution in [0.3, 0.4) is 0 Å². The van der Waals surface area contributed by atoms with Crippen LogP contribution in [0.5, 0.6) is 0 Å². The van der Waals surface area contributed by atoms with Crippen LogP contribution in [-0.4, -0.2) is 12.6 Å². The maximum absolute atomic E-state index is 3.64. The maximum Gasteiger partial charge on any atom is 0.0110 e. The predicted molar refractivity (Wildman–Crippen MR) is 83.3 cm³/mol. The number of thiophene rings is 1. The Bertz CT molecular complexity index is 310. The molecule has 0 saturated carbocycles. The van der Waals surface area contributed by atoms with Crippen LogP contribution in [0.1, 0.15) is 53.0 Å². The second-order valence-corrected chi connectivity index (χ2v) is 7.48. The lowest BCUT2D eigenvalue weighted by atomic mass is 9.82. The van der Waals surface area contributed by atoms with Gasteiger partial charge in [0, 0.05) is 6.04 Å². The molecule has 18 heavy (non-hydrogen) atoms. The highest BCUT2D eigenvalue weighted by Crippen LogP contribution is 2.27. The first kappa shape index (κ1) is 15.7. The Balaban J connectivity index is 2.46. The van der Waals surface area contributed by atoms with Crippen LogP contribution >= 0.6 is 11.3 Å². The van der Waals surface area contributed by atoms with Crippen molar-refractivity contribution in [1.29, 1.82) is 0 Å². The zero-order valence-corrected chi connectivity index (χ0v) is 13.4. The number of likely N-dealkylation sites (N-methyl/N-ethyl adjacent to an activating group) is 1. The summed E-state index contributed by atoms with van der Waals surface area (Å²) in [6.07, 6.45) is 3.76. The third-order valence-corrected chi connectivity index (χ3v) is 3.93. The van der Waals surface area contributed by atoms with Gasteiger partial charge in [-0.05, 0) is 59.5 Å². The van der Waals surface area contributed by atoms with E-state index in [2.05, 4.69) is 56.8 Å². The van der Waals surface area contributed by atoms with Crippen molar-refractivity contribution in [2.24, 2.45) is 11.3 Å². The zero-order valence-electron chi connectivity index (χ0n) is 12.6. The van der Waals surface area contributed by atoms with Crippen LogP contribution in [0.2, 0.25) is 0 Å². The molecular weight excluding hydrogens is 238 g/mol. The van der Waals surface area contributed by atoms with Gasteiger partial charge in [-0.3, -0.25) is 0 Å². The van der Waals surface area contributed by atoms with Crippen molar-refractivity contribution in [3.05, 3.63) is 22.4 Å². The molecule has 1 N–H and O–H groups in total. The van der Waals surface area contributed by atoms with Crippen LogP contribution in [0, 0.1) is 11.3 Å². The molecule has 104 valence electrons. The average Bonchev–Trinajstić information content (AvgIpc) is 2.67. The molecule has 2 unspecified atom stereocenters. The van der Waals surface area contributed by atoms with Crippen molar-refractivity contribution in [2.45, 2.75) is 59.9 Å². The van der Waals surface area contributed by atoms with E-state index in [0.29, 0.717) is 11.5 Å². The Morgan fingerprint density at radius 1 is 1.33 bits per heavy atom. The lowest BCUT2D eigenvalue weighted by molar-refractivity contribution is 0.275. The second-order valence-electron chi connectivity index (χ2n) is 6.70. The number of nitrogens with one attached hydrogen (secondary N) is 1. The Morgan fingerprint density at radius 2 is 2.06 bits per heavy atom. The molecule has 0 bridgehead atoms. The molecule has 1 heterocycles. The minimum Gasteiger partial charge on any atom is -0.314 e. The fourth-order valence-corrected chi connectivity index (χ4v) is 3.52. The highest BCUT2D eigenvalue weighted by molar-refractivity contribution is 7.07. The Labute approximate surface area is 117 Å². The van der Waals surface area contributed by atoms with Crippen molar-refractivity contribution in [2.75, 3.05) is 6.54 Å². The second kappa shape index (κ2) is 7.30. The molecule has 2 heteroatoms. The summed E-state index contributed by atoms with van der Waals surface area (Å²) in [5, 5.41) is 8.10. The van der Waals surface area contributed by atoms with E-state index < -0.39 is 0 Å². The summed E-state index contributed by atoms with van der Waals surface area (Å²) >= 11 is 1.80. The van der Waals surface area contributed by atoms with Gasteiger partial charge in [-0.2, -0.15) is 11.3 Å². The van der Waals surface area contributed by atoms with Gasteiger partial charge in [0.05, 0.1) is 0 Å². The monoisotopic (exact) mass is 267 g/mol. The molecule has 1 nitrogen and oxygen atoms in total. The number of rotatable bonds is 7. The van der Waals surface area contributed by atoms with Gasteiger partial charge in [0.25, 0.3) is 0 Å². The number of hydrogen-bond donors (Lipinski definition) is 1. The maximum atomic E-state index is 3.64. The van der Waals surface area contributed by atoms with Gasteiger partial charge in [-0.15, -0.1) is 0 Å². The molecule has 0 aromatic carbocycles. The highest BCUT2D eigenvalue weighted by Gasteiger charge is 2.19. The molecule has 0 aliphatic carbocycles. The highest BCUT2D eigenvalue weighted by atomic mass is 32.1. The molecule has 2 atom stereocenters. The summed E-state index contributed by atoms with van der Waals surface area (Å²) in [5.74, 6) is 0.785. The lowest BCUT2D eigenvalue weighted by Crippen LogP contribution is -2.33. The topological polar surface area (TPSA) is 12.0 Å². The molecule has 0 spiro atoms. The van der Waals surface area contributed by atoms with Gasteiger partial charge in [0.2, 0.25) is 0 Å². The standard InChI is InChI=1S/C16H29NS/c1-6-17-15(10-14-7-8-18-12-14)9-13(2)11-16(3,4)5/h7-8,12-13,15,17H,6,9-11H2,1-5H3. The van der Waals surface area contributed by atoms with Gasteiger partial charge < -0.3 is 5.32 Å². The fourth-order valence-electron chi connectivity index (χ4n) is 2.84. The molecule has 0 aliphatic rings. The molecule has 0 radical (unpaired) electrons. The Kier molecular flexibility index (Phi) is 6.37. The van der Waals surface area contributed by atoms with E-state index in [4.69, 9.17) is 0 Å². The molecule has 1 aromatic heterocycles.